The van der Waals surface area contributed by atoms with E-state index in [0.29, 0.717) is 11.4 Å². The average Bonchev–Trinajstić information content (AvgIpc) is 2.76. The number of ether oxygens (including phenoxy) is 2. The summed E-state index contributed by atoms with van der Waals surface area (Å²) >= 11 is 0. The van der Waals surface area contributed by atoms with E-state index in [1.807, 2.05) is 0 Å². The maximum absolute atomic E-state index is 12.4. The summed E-state index contributed by atoms with van der Waals surface area (Å²) in [6.07, 6.45) is -2.16. The molecule has 4 N–H and O–H groups in total. The van der Waals surface area contributed by atoms with Crippen LogP contribution in [-0.4, -0.2) is 34.2 Å². The third kappa shape index (κ3) is 6.82. The van der Waals surface area contributed by atoms with Crippen molar-refractivity contribution in [2.45, 2.75) is 19.3 Å². The summed E-state index contributed by atoms with van der Waals surface area (Å²) < 4.78 is 46.4. The Kier molecular flexibility index (Phi) is 6.96. The van der Waals surface area contributed by atoms with E-state index in [2.05, 4.69) is 25.3 Å². The number of halogens is 3. The lowest BCUT2D eigenvalue weighted by molar-refractivity contribution is -0.274. The minimum Gasteiger partial charge on any atom is -0.457 e. The third-order valence-electron chi connectivity index (χ3n) is 4.15. The molecular formula is C21H18F3N5O4. The van der Waals surface area contributed by atoms with Crippen molar-refractivity contribution in [3.63, 3.8) is 0 Å². The zero-order valence-corrected chi connectivity index (χ0v) is 17.1. The molecule has 0 aliphatic heterocycles. The first-order chi connectivity index (χ1) is 15.6. The molecule has 1 heterocycles. The van der Waals surface area contributed by atoms with Crippen LogP contribution in [0.1, 0.15) is 17.4 Å². The molecule has 3 rings (SSSR count). The second-order valence-electron chi connectivity index (χ2n) is 6.65. The van der Waals surface area contributed by atoms with E-state index < -0.39 is 30.0 Å². The van der Waals surface area contributed by atoms with Gasteiger partial charge in [-0.25, -0.2) is 9.97 Å². The van der Waals surface area contributed by atoms with Crippen molar-refractivity contribution in [3.8, 4) is 17.2 Å². The van der Waals surface area contributed by atoms with Crippen LogP contribution in [-0.2, 0) is 4.79 Å². The van der Waals surface area contributed by atoms with Crippen molar-refractivity contribution >= 4 is 23.2 Å². The number of benzene rings is 2. The molecule has 0 fully saturated rings. The minimum absolute atomic E-state index is 0.125. The topological polar surface area (TPSA) is 128 Å². The fraction of sp³-hybridized carbons (Fsp3) is 0.143. The van der Waals surface area contributed by atoms with Gasteiger partial charge >= 0.3 is 6.36 Å². The highest BCUT2D eigenvalue weighted by Gasteiger charge is 2.31. The smallest absolute Gasteiger partial charge is 0.457 e. The number of rotatable bonds is 8. The highest BCUT2D eigenvalue weighted by atomic mass is 19.4. The molecule has 0 aliphatic carbocycles. The molecule has 0 aliphatic rings. The molecule has 2 amide bonds. The SMILES string of the molecule is C[C@H](Nc1cc(Oc2ccc(OC(F)(F)F)cc2)ccc1NC(=O)c1ccncn1)C(N)=O. The fourth-order valence-electron chi connectivity index (χ4n) is 2.58. The van der Waals surface area contributed by atoms with Gasteiger partial charge in [-0.15, -0.1) is 13.2 Å². The predicted octanol–water partition coefficient (Wildman–Crippen LogP) is 3.71. The summed E-state index contributed by atoms with van der Waals surface area (Å²) in [6.45, 7) is 1.53. The largest absolute Gasteiger partial charge is 0.573 e. The summed E-state index contributed by atoms with van der Waals surface area (Å²) in [4.78, 5) is 31.6. The van der Waals surface area contributed by atoms with Gasteiger partial charge in [0, 0.05) is 12.3 Å². The molecule has 0 radical (unpaired) electrons. The lowest BCUT2D eigenvalue weighted by Crippen LogP contribution is -2.32. The molecule has 0 saturated heterocycles. The van der Waals surface area contributed by atoms with E-state index in [-0.39, 0.29) is 17.2 Å². The molecule has 1 aromatic heterocycles. The van der Waals surface area contributed by atoms with Crippen LogP contribution < -0.4 is 25.8 Å². The molecule has 3 aromatic rings. The first-order valence-electron chi connectivity index (χ1n) is 9.41. The van der Waals surface area contributed by atoms with Crippen molar-refractivity contribution in [1.29, 1.82) is 0 Å². The molecular weight excluding hydrogens is 443 g/mol. The summed E-state index contributed by atoms with van der Waals surface area (Å²) in [6, 6.07) is 9.99. The van der Waals surface area contributed by atoms with Gasteiger partial charge in [0.2, 0.25) is 5.91 Å². The number of nitrogens with zero attached hydrogens (tertiary/aromatic N) is 2. The molecule has 0 saturated carbocycles. The van der Waals surface area contributed by atoms with Crippen LogP contribution in [0.4, 0.5) is 24.5 Å². The van der Waals surface area contributed by atoms with Crippen molar-refractivity contribution < 1.29 is 32.2 Å². The number of aromatic nitrogens is 2. The second kappa shape index (κ2) is 9.85. The Morgan fingerprint density at radius 2 is 1.67 bits per heavy atom. The number of anilines is 2. The van der Waals surface area contributed by atoms with Crippen LogP contribution in [0.5, 0.6) is 17.2 Å². The summed E-state index contributed by atoms with van der Waals surface area (Å²) in [5.74, 6) is -1.03. The Bertz CT molecular complexity index is 1120. The predicted molar refractivity (Wildman–Crippen MR) is 112 cm³/mol. The number of carbonyl (C=O) groups is 2. The minimum atomic E-state index is -4.80. The summed E-state index contributed by atoms with van der Waals surface area (Å²) in [5, 5.41) is 5.55. The Morgan fingerprint density at radius 3 is 2.27 bits per heavy atom. The number of amides is 2. The van der Waals surface area contributed by atoms with Gasteiger partial charge < -0.3 is 25.8 Å². The zero-order chi connectivity index (χ0) is 24.0. The third-order valence-corrected chi connectivity index (χ3v) is 4.15. The molecule has 0 unspecified atom stereocenters. The molecule has 0 bridgehead atoms. The summed E-state index contributed by atoms with van der Waals surface area (Å²) in [7, 11) is 0. The van der Waals surface area contributed by atoms with Crippen LogP contribution in [0.2, 0.25) is 0 Å². The van der Waals surface area contributed by atoms with Crippen LogP contribution in [0.15, 0.2) is 61.1 Å². The van der Waals surface area contributed by atoms with Gasteiger partial charge in [0.1, 0.15) is 35.3 Å². The Hall–Kier alpha value is -4.35. The van der Waals surface area contributed by atoms with Crippen molar-refractivity contribution in [2.24, 2.45) is 5.73 Å². The van der Waals surface area contributed by atoms with Crippen LogP contribution in [0.25, 0.3) is 0 Å². The number of carbonyl (C=O) groups excluding carboxylic acids is 2. The van der Waals surface area contributed by atoms with Gasteiger partial charge in [0.25, 0.3) is 5.91 Å². The first kappa shape index (κ1) is 23.3. The molecule has 172 valence electrons. The summed E-state index contributed by atoms with van der Waals surface area (Å²) in [5.41, 5.74) is 6.07. The Labute approximate surface area is 185 Å². The fourth-order valence-corrected chi connectivity index (χ4v) is 2.58. The second-order valence-corrected chi connectivity index (χ2v) is 6.65. The van der Waals surface area contributed by atoms with Crippen molar-refractivity contribution in [1.82, 2.24) is 9.97 Å². The zero-order valence-electron chi connectivity index (χ0n) is 17.1. The molecule has 2 aromatic carbocycles. The molecule has 9 nitrogen and oxygen atoms in total. The molecule has 12 heteroatoms. The standard InChI is InChI=1S/C21H18F3N5O4/c1-12(19(25)30)28-18-10-15(32-13-2-4-14(5-3-13)33-21(22,23)24)6-7-16(18)29-20(31)17-8-9-26-11-27-17/h2-12,28H,1H3,(H2,25,30)(H,29,31)/t12-/m0/s1. The number of alkyl halides is 3. The van der Waals surface area contributed by atoms with Crippen LogP contribution in [0, 0.1) is 0 Å². The van der Waals surface area contributed by atoms with E-state index in [9.17, 15) is 22.8 Å². The van der Waals surface area contributed by atoms with Crippen LogP contribution in [0.3, 0.4) is 0 Å². The van der Waals surface area contributed by atoms with Crippen LogP contribution >= 0.6 is 0 Å². The van der Waals surface area contributed by atoms with Gasteiger partial charge in [0.15, 0.2) is 0 Å². The van der Waals surface area contributed by atoms with Gasteiger partial charge in [0.05, 0.1) is 11.4 Å². The number of hydrogen-bond acceptors (Lipinski definition) is 7. The number of hydrogen-bond donors (Lipinski definition) is 3. The van der Waals surface area contributed by atoms with Crippen molar-refractivity contribution in [2.75, 3.05) is 10.6 Å². The number of nitrogens with two attached hydrogens (primary N) is 1. The lowest BCUT2D eigenvalue weighted by Gasteiger charge is -2.18. The first-order valence-corrected chi connectivity index (χ1v) is 9.41. The maximum Gasteiger partial charge on any atom is 0.573 e. The normalized spacial score (nSPS) is 11.9. The average molecular weight is 461 g/mol. The quantitative estimate of drug-likeness (QED) is 0.467. The molecule has 33 heavy (non-hydrogen) atoms. The monoisotopic (exact) mass is 461 g/mol. The van der Waals surface area contributed by atoms with Gasteiger partial charge in [-0.1, -0.05) is 0 Å². The van der Waals surface area contributed by atoms with E-state index in [1.165, 1.54) is 55.8 Å². The van der Waals surface area contributed by atoms with Gasteiger partial charge in [-0.3, -0.25) is 9.59 Å². The highest BCUT2D eigenvalue weighted by Crippen LogP contribution is 2.32. The molecule has 0 spiro atoms. The maximum atomic E-state index is 12.4. The lowest BCUT2D eigenvalue weighted by atomic mass is 10.2. The van der Waals surface area contributed by atoms with E-state index in [1.54, 1.807) is 0 Å². The van der Waals surface area contributed by atoms with E-state index >= 15 is 0 Å². The van der Waals surface area contributed by atoms with E-state index in [4.69, 9.17) is 10.5 Å². The Morgan fingerprint density at radius 1 is 1.00 bits per heavy atom. The number of primary amides is 1. The van der Waals surface area contributed by atoms with Gasteiger partial charge in [-0.05, 0) is 49.4 Å². The Balaban J connectivity index is 1.81. The van der Waals surface area contributed by atoms with E-state index in [0.717, 1.165) is 12.1 Å². The molecule has 1 atom stereocenters. The number of nitrogens with one attached hydrogen (secondary N) is 2. The van der Waals surface area contributed by atoms with Gasteiger partial charge in [-0.2, -0.15) is 0 Å². The highest BCUT2D eigenvalue weighted by molar-refractivity contribution is 6.04. The van der Waals surface area contributed by atoms with Crippen molar-refractivity contribution in [3.05, 3.63) is 66.7 Å².